The van der Waals surface area contributed by atoms with Crippen LogP contribution < -0.4 is 10.4 Å². The summed E-state index contributed by atoms with van der Waals surface area (Å²) in [5, 5.41) is 4.80. The van der Waals surface area contributed by atoms with E-state index in [9.17, 15) is 31.1 Å². The Morgan fingerprint density at radius 3 is 2.10 bits per heavy atom. The number of halogens is 6. The van der Waals surface area contributed by atoms with Crippen molar-refractivity contribution in [2.45, 2.75) is 38.0 Å². The molecule has 1 amide bonds. The molecule has 168 valence electrons. The number of nitrogens with zero attached hydrogens (tertiary/aromatic N) is 3. The summed E-state index contributed by atoms with van der Waals surface area (Å²) in [5.41, 5.74) is -0.551. The average Bonchev–Trinajstić information content (AvgIpc) is 3.02. The molecule has 1 aliphatic rings. The van der Waals surface area contributed by atoms with Crippen molar-refractivity contribution in [2.24, 2.45) is 0 Å². The molecule has 0 bridgehead atoms. The van der Waals surface area contributed by atoms with Gasteiger partial charge in [-0.05, 0) is 43.9 Å². The SMILES string of the molecule is O=C(/C=C\n1cnc(-c2cc(C(F)(F)F)cc(C(F)(F)F)c2)n1)N[NH+]1CCCCCC1. The molecule has 1 aromatic heterocycles. The van der Waals surface area contributed by atoms with Crippen LogP contribution >= 0.6 is 0 Å². The molecule has 1 saturated heterocycles. The predicted molar refractivity (Wildman–Crippen MR) is 98.1 cm³/mol. The van der Waals surface area contributed by atoms with Crippen molar-refractivity contribution in [3.63, 3.8) is 0 Å². The topological polar surface area (TPSA) is 64.2 Å². The van der Waals surface area contributed by atoms with Crippen LogP contribution in [0.2, 0.25) is 0 Å². The number of amides is 1. The number of rotatable bonds is 4. The van der Waals surface area contributed by atoms with E-state index in [1.54, 1.807) is 0 Å². The Morgan fingerprint density at radius 2 is 1.55 bits per heavy atom. The Balaban J connectivity index is 1.76. The number of alkyl halides is 6. The summed E-state index contributed by atoms with van der Waals surface area (Å²) in [5.74, 6) is -0.729. The third-order valence-electron chi connectivity index (χ3n) is 4.74. The Labute approximate surface area is 173 Å². The first-order valence-electron chi connectivity index (χ1n) is 9.57. The molecule has 0 saturated carbocycles. The molecular formula is C19H20F6N5O+. The van der Waals surface area contributed by atoms with Crippen LogP contribution in [-0.4, -0.2) is 33.8 Å². The molecule has 12 heteroatoms. The summed E-state index contributed by atoms with van der Waals surface area (Å²) >= 11 is 0. The van der Waals surface area contributed by atoms with Crippen LogP contribution in [-0.2, 0) is 17.1 Å². The highest BCUT2D eigenvalue weighted by Crippen LogP contribution is 2.38. The monoisotopic (exact) mass is 448 g/mol. The van der Waals surface area contributed by atoms with Gasteiger partial charge in [0.2, 0.25) is 0 Å². The average molecular weight is 448 g/mol. The molecule has 0 spiro atoms. The van der Waals surface area contributed by atoms with Crippen LogP contribution in [0.4, 0.5) is 26.3 Å². The summed E-state index contributed by atoms with van der Waals surface area (Å²) < 4.78 is 79.1. The van der Waals surface area contributed by atoms with Crippen LogP contribution in [0.15, 0.2) is 30.6 Å². The molecule has 0 atom stereocenters. The van der Waals surface area contributed by atoms with Crippen molar-refractivity contribution in [2.75, 3.05) is 13.1 Å². The molecule has 3 rings (SSSR count). The normalized spacial score (nSPS) is 16.5. The second-order valence-electron chi connectivity index (χ2n) is 7.17. The van der Waals surface area contributed by atoms with Crippen molar-refractivity contribution < 1.29 is 36.1 Å². The number of carbonyl (C=O) groups excluding carboxylic acids is 1. The number of hydrogen-bond donors (Lipinski definition) is 2. The first kappa shape index (κ1) is 22.8. The van der Waals surface area contributed by atoms with Crippen molar-refractivity contribution >= 4 is 12.1 Å². The zero-order chi connectivity index (χ0) is 22.6. The van der Waals surface area contributed by atoms with Crippen molar-refractivity contribution in [1.82, 2.24) is 20.2 Å². The van der Waals surface area contributed by atoms with Gasteiger partial charge in [-0.1, -0.05) is 0 Å². The van der Waals surface area contributed by atoms with Crippen molar-refractivity contribution in [3.8, 4) is 11.4 Å². The number of benzene rings is 1. The summed E-state index contributed by atoms with van der Waals surface area (Å²) in [6, 6.07) is 1.14. The number of aromatic nitrogens is 3. The van der Waals surface area contributed by atoms with Crippen LogP contribution in [0.3, 0.4) is 0 Å². The molecule has 1 aromatic carbocycles. The number of carbonyl (C=O) groups is 1. The summed E-state index contributed by atoms with van der Waals surface area (Å²) in [4.78, 5) is 15.8. The maximum absolute atomic E-state index is 13.0. The predicted octanol–water partition coefficient (Wildman–Crippen LogP) is 2.94. The lowest BCUT2D eigenvalue weighted by molar-refractivity contribution is -0.935. The van der Waals surface area contributed by atoms with E-state index in [0.29, 0.717) is 12.1 Å². The molecular weight excluding hydrogens is 428 g/mol. The Bertz CT molecular complexity index is 910. The molecule has 6 nitrogen and oxygen atoms in total. The third kappa shape index (κ3) is 6.29. The minimum atomic E-state index is -4.97. The molecule has 2 aromatic rings. The largest absolute Gasteiger partial charge is 0.416 e. The lowest BCUT2D eigenvalue weighted by atomic mass is 10.0. The number of hydrogen-bond acceptors (Lipinski definition) is 3. The molecule has 1 aliphatic heterocycles. The standard InChI is InChI=1S/C19H19F6N5O/c20-18(21,22)14-9-13(10-15(11-14)19(23,24)25)17-26-12-30(28-17)8-5-16(31)27-29-6-3-1-2-4-7-29/h5,8-12H,1-4,6-7H2,(H,27,31)/p+1/b8-5-. The number of quaternary nitrogens is 1. The van der Waals surface area contributed by atoms with E-state index in [0.717, 1.165) is 54.8 Å². The van der Waals surface area contributed by atoms with Gasteiger partial charge in [0, 0.05) is 17.8 Å². The fraction of sp³-hybridized carbons (Fsp3) is 0.421. The van der Waals surface area contributed by atoms with Crippen molar-refractivity contribution in [1.29, 1.82) is 0 Å². The summed E-state index contributed by atoms with van der Waals surface area (Å²) in [6.45, 7) is 1.62. The van der Waals surface area contributed by atoms with E-state index in [1.165, 1.54) is 12.3 Å². The highest BCUT2D eigenvalue weighted by atomic mass is 19.4. The van der Waals surface area contributed by atoms with Gasteiger partial charge in [0.05, 0.1) is 24.2 Å². The van der Waals surface area contributed by atoms with Gasteiger partial charge in [0.1, 0.15) is 6.33 Å². The lowest BCUT2D eigenvalue weighted by Gasteiger charge is -2.15. The summed E-state index contributed by atoms with van der Waals surface area (Å²) in [6.07, 6.45) is -2.22. The fourth-order valence-electron chi connectivity index (χ4n) is 3.20. The van der Waals surface area contributed by atoms with Gasteiger partial charge >= 0.3 is 12.4 Å². The number of nitrogens with one attached hydrogen (secondary N) is 2. The molecule has 2 N–H and O–H groups in total. The third-order valence-corrected chi connectivity index (χ3v) is 4.74. The Hall–Kier alpha value is -2.89. The zero-order valence-corrected chi connectivity index (χ0v) is 16.2. The van der Waals surface area contributed by atoms with Gasteiger partial charge in [-0.2, -0.15) is 31.8 Å². The Morgan fingerprint density at radius 1 is 0.968 bits per heavy atom. The van der Waals surface area contributed by atoms with Crippen LogP contribution in [0, 0.1) is 0 Å². The molecule has 0 radical (unpaired) electrons. The van der Waals surface area contributed by atoms with E-state index in [-0.39, 0.29) is 11.9 Å². The fourth-order valence-corrected chi connectivity index (χ4v) is 3.20. The van der Waals surface area contributed by atoms with E-state index in [4.69, 9.17) is 0 Å². The molecule has 1 fully saturated rings. The maximum Gasteiger partial charge on any atom is 0.416 e. The zero-order valence-electron chi connectivity index (χ0n) is 16.2. The van der Waals surface area contributed by atoms with Gasteiger partial charge in [0.15, 0.2) is 5.82 Å². The van der Waals surface area contributed by atoms with Crippen LogP contribution in [0.1, 0.15) is 36.8 Å². The highest BCUT2D eigenvalue weighted by molar-refractivity contribution is 5.89. The first-order valence-corrected chi connectivity index (χ1v) is 9.57. The van der Waals surface area contributed by atoms with Gasteiger partial charge in [-0.25, -0.2) is 14.7 Å². The van der Waals surface area contributed by atoms with Crippen LogP contribution in [0.25, 0.3) is 17.6 Å². The smallest absolute Gasteiger partial charge is 0.265 e. The van der Waals surface area contributed by atoms with Gasteiger partial charge in [-0.3, -0.25) is 4.79 Å². The van der Waals surface area contributed by atoms with E-state index in [1.807, 2.05) is 0 Å². The maximum atomic E-state index is 13.0. The van der Waals surface area contributed by atoms with Crippen molar-refractivity contribution in [3.05, 3.63) is 41.7 Å². The second kappa shape index (κ2) is 9.08. The Kier molecular flexibility index (Phi) is 6.68. The minimum Gasteiger partial charge on any atom is -0.265 e. The van der Waals surface area contributed by atoms with Gasteiger partial charge < -0.3 is 0 Å². The minimum absolute atomic E-state index is 0.0376. The second-order valence-corrected chi connectivity index (χ2v) is 7.17. The quantitative estimate of drug-likeness (QED) is 0.559. The molecule has 0 aliphatic carbocycles. The summed E-state index contributed by atoms with van der Waals surface area (Å²) in [7, 11) is 0. The van der Waals surface area contributed by atoms with E-state index in [2.05, 4.69) is 15.5 Å². The van der Waals surface area contributed by atoms with E-state index >= 15 is 0 Å². The first-order chi connectivity index (χ1) is 14.5. The molecule has 31 heavy (non-hydrogen) atoms. The molecule has 2 heterocycles. The molecule has 0 unspecified atom stereocenters. The highest BCUT2D eigenvalue weighted by Gasteiger charge is 2.37. The van der Waals surface area contributed by atoms with Gasteiger partial charge in [-0.15, -0.1) is 5.10 Å². The van der Waals surface area contributed by atoms with Crippen LogP contribution in [0.5, 0.6) is 0 Å². The lowest BCUT2D eigenvalue weighted by Crippen LogP contribution is -3.19. The van der Waals surface area contributed by atoms with E-state index < -0.39 is 35.0 Å². The van der Waals surface area contributed by atoms with Gasteiger partial charge in [0.25, 0.3) is 5.91 Å².